The Morgan fingerprint density at radius 2 is 1.97 bits per heavy atom. The van der Waals surface area contributed by atoms with E-state index in [-0.39, 0.29) is 24.4 Å². The molecule has 2 aliphatic carbocycles. The number of urea groups is 1. The van der Waals surface area contributed by atoms with Gasteiger partial charge >= 0.3 is 6.03 Å². The summed E-state index contributed by atoms with van der Waals surface area (Å²) in [6, 6.07) is 17.2. The summed E-state index contributed by atoms with van der Waals surface area (Å²) in [4.78, 5) is 43.2. The Kier molecular flexibility index (Phi) is 5.39. The second kappa shape index (κ2) is 8.62. The number of amides is 4. The molecule has 1 aromatic heterocycles. The van der Waals surface area contributed by atoms with Crippen LogP contribution in [0.2, 0.25) is 0 Å². The van der Waals surface area contributed by atoms with E-state index in [1.165, 1.54) is 0 Å². The molecule has 8 nitrogen and oxygen atoms in total. The van der Waals surface area contributed by atoms with Crippen molar-refractivity contribution in [2.45, 2.75) is 50.7 Å². The summed E-state index contributed by atoms with van der Waals surface area (Å²) in [5.41, 5.74) is 3.65. The summed E-state index contributed by atoms with van der Waals surface area (Å²) >= 11 is 0. The molecular formula is C28H29N5O3. The first-order chi connectivity index (χ1) is 17.5. The van der Waals surface area contributed by atoms with Crippen LogP contribution in [-0.2, 0) is 28.1 Å². The molecule has 2 N–H and O–H groups in total. The monoisotopic (exact) mass is 483 g/mol. The van der Waals surface area contributed by atoms with Crippen LogP contribution in [-0.4, -0.2) is 50.4 Å². The summed E-state index contributed by atoms with van der Waals surface area (Å²) in [6.07, 6.45) is 5.05. The number of hydrogen-bond acceptors (Lipinski definition) is 4. The van der Waals surface area contributed by atoms with Crippen molar-refractivity contribution in [1.82, 2.24) is 25.3 Å². The molecular weight excluding hydrogens is 454 g/mol. The van der Waals surface area contributed by atoms with Crippen molar-refractivity contribution in [3.63, 3.8) is 0 Å². The Bertz CT molecular complexity index is 1320. The van der Waals surface area contributed by atoms with Gasteiger partial charge in [-0.1, -0.05) is 42.5 Å². The molecule has 1 spiro atoms. The Morgan fingerprint density at radius 1 is 1.17 bits per heavy atom. The molecule has 8 heteroatoms. The zero-order chi connectivity index (χ0) is 24.9. The van der Waals surface area contributed by atoms with Crippen molar-refractivity contribution in [2.75, 3.05) is 6.54 Å². The molecule has 3 aliphatic rings. The molecule has 4 amide bonds. The van der Waals surface area contributed by atoms with E-state index >= 15 is 0 Å². The lowest BCUT2D eigenvalue weighted by Gasteiger charge is -2.31. The van der Waals surface area contributed by atoms with Gasteiger partial charge in [0.05, 0.1) is 5.69 Å². The first-order valence-electron chi connectivity index (χ1n) is 12.6. The highest BCUT2D eigenvalue weighted by Crippen LogP contribution is 2.43. The highest BCUT2D eigenvalue weighted by Gasteiger charge is 2.56. The van der Waals surface area contributed by atoms with E-state index in [1.807, 2.05) is 59.5 Å². The predicted octanol–water partition coefficient (Wildman–Crippen LogP) is 3.60. The molecule has 0 radical (unpaired) electrons. The molecule has 1 saturated heterocycles. The Hall–Kier alpha value is -3.94. The third-order valence-electron chi connectivity index (χ3n) is 7.93. The highest BCUT2D eigenvalue weighted by atomic mass is 16.2. The quantitative estimate of drug-likeness (QED) is 0.502. The number of aromatic nitrogens is 2. The number of imide groups is 1. The molecule has 0 unspecified atom stereocenters. The molecule has 36 heavy (non-hydrogen) atoms. The molecule has 3 aromatic rings. The predicted molar refractivity (Wildman–Crippen MR) is 133 cm³/mol. The van der Waals surface area contributed by atoms with Crippen LogP contribution in [0.15, 0.2) is 60.8 Å². The van der Waals surface area contributed by atoms with Crippen LogP contribution >= 0.6 is 0 Å². The van der Waals surface area contributed by atoms with Crippen molar-refractivity contribution in [3.05, 3.63) is 77.5 Å². The number of fused-ring (bicyclic) bond motifs is 2. The Morgan fingerprint density at radius 3 is 2.69 bits per heavy atom. The van der Waals surface area contributed by atoms with Gasteiger partial charge in [0, 0.05) is 18.8 Å². The third-order valence-corrected chi connectivity index (χ3v) is 7.93. The molecule has 6 rings (SSSR count). The van der Waals surface area contributed by atoms with Gasteiger partial charge in [-0.25, -0.2) is 4.79 Å². The van der Waals surface area contributed by atoms with Crippen LogP contribution in [0.5, 0.6) is 0 Å². The van der Waals surface area contributed by atoms with E-state index in [4.69, 9.17) is 0 Å². The van der Waals surface area contributed by atoms with Crippen molar-refractivity contribution in [3.8, 4) is 11.3 Å². The zero-order valence-electron chi connectivity index (χ0n) is 20.2. The van der Waals surface area contributed by atoms with Crippen molar-refractivity contribution < 1.29 is 14.4 Å². The fourth-order valence-corrected chi connectivity index (χ4v) is 5.68. The van der Waals surface area contributed by atoms with Crippen LogP contribution in [0, 0.1) is 5.92 Å². The van der Waals surface area contributed by atoms with Gasteiger partial charge in [-0.05, 0) is 72.9 Å². The number of carbonyl (C=O) groups excluding carboxylic acids is 3. The molecule has 2 atom stereocenters. The number of nitrogens with zero attached hydrogens (tertiary/aromatic N) is 3. The van der Waals surface area contributed by atoms with Gasteiger partial charge in [-0.15, -0.1) is 0 Å². The SMILES string of the molecule is C[C@@H](C1CC1)N(Cc1ccccc1)C(=O)CN1C(=O)N[C@]2(CCc3cc(-c4ccn[nH]4)ccc32)C1=O. The normalized spacial score (nSPS) is 21.5. The number of aryl methyl sites for hydroxylation is 1. The number of carbonyl (C=O) groups is 3. The average Bonchev–Trinajstić information content (AvgIpc) is 3.39. The van der Waals surface area contributed by atoms with Gasteiger partial charge in [0.2, 0.25) is 5.91 Å². The molecule has 0 bridgehead atoms. The number of benzene rings is 2. The van der Waals surface area contributed by atoms with Crippen molar-refractivity contribution >= 4 is 17.8 Å². The second-order valence-electron chi connectivity index (χ2n) is 10.2. The maximum Gasteiger partial charge on any atom is 0.325 e. The number of nitrogens with one attached hydrogen (secondary N) is 2. The topological polar surface area (TPSA) is 98.4 Å². The smallest absolute Gasteiger partial charge is 0.325 e. The molecule has 1 saturated carbocycles. The summed E-state index contributed by atoms with van der Waals surface area (Å²) in [5, 5.41) is 9.92. The minimum atomic E-state index is -1.11. The molecule has 2 heterocycles. The van der Waals surface area contributed by atoms with Crippen LogP contribution < -0.4 is 5.32 Å². The maximum absolute atomic E-state index is 13.7. The minimum Gasteiger partial charge on any atom is -0.334 e. The van der Waals surface area contributed by atoms with Gasteiger partial charge in [-0.2, -0.15) is 5.10 Å². The summed E-state index contributed by atoms with van der Waals surface area (Å²) in [7, 11) is 0. The summed E-state index contributed by atoms with van der Waals surface area (Å²) in [5.74, 6) is -0.0721. The van der Waals surface area contributed by atoms with Crippen molar-refractivity contribution in [1.29, 1.82) is 0 Å². The lowest BCUT2D eigenvalue weighted by molar-refractivity contribution is -0.141. The maximum atomic E-state index is 13.7. The Balaban J connectivity index is 1.23. The van der Waals surface area contributed by atoms with Gasteiger partial charge in [0.1, 0.15) is 12.1 Å². The number of hydrogen-bond donors (Lipinski definition) is 2. The van der Waals surface area contributed by atoms with E-state index < -0.39 is 11.6 Å². The van der Waals surface area contributed by atoms with Crippen LogP contribution in [0.25, 0.3) is 11.3 Å². The molecule has 184 valence electrons. The fourth-order valence-electron chi connectivity index (χ4n) is 5.68. The molecule has 1 aliphatic heterocycles. The zero-order valence-corrected chi connectivity index (χ0v) is 20.2. The van der Waals surface area contributed by atoms with Crippen LogP contribution in [0.4, 0.5) is 4.79 Å². The summed E-state index contributed by atoms with van der Waals surface area (Å²) in [6.45, 7) is 2.28. The molecule has 2 fully saturated rings. The highest BCUT2D eigenvalue weighted by molar-refractivity contribution is 6.10. The van der Waals surface area contributed by atoms with E-state index in [9.17, 15) is 14.4 Å². The van der Waals surface area contributed by atoms with E-state index in [1.54, 1.807) is 6.20 Å². The number of H-pyrrole nitrogens is 1. The largest absolute Gasteiger partial charge is 0.334 e. The van der Waals surface area contributed by atoms with Crippen LogP contribution in [0.3, 0.4) is 0 Å². The first-order valence-corrected chi connectivity index (χ1v) is 12.6. The summed E-state index contributed by atoms with van der Waals surface area (Å²) < 4.78 is 0. The Labute approximate surface area is 209 Å². The first kappa shape index (κ1) is 22.5. The minimum absolute atomic E-state index is 0.0561. The van der Waals surface area contributed by atoms with Gasteiger partial charge in [0.15, 0.2) is 0 Å². The van der Waals surface area contributed by atoms with Gasteiger partial charge in [0.25, 0.3) is 5.91 Å². The van der Waals surface area contributed by atoms with Gasteiger partial charge in [-0.3, -0.25) is 19.6 Å². The van der Waals surface area contributed by atoms with Crippen molar-refractivity contribution in [2.24, 2.45) is 5.92 Å². The fraction of sp³-hybridized carbons (Fsp3) is 0.357. The number of aromatic amines is 1. The lowest BCUT2D eigenvalue weighted by Crippen LogP contribution is -2.47. The third kappa shape index (κ3) is 3.77. The van der Waals surface area contributed by atoms with E-state index in [0.29, 0.717) is 25.3 Å². The standard InChI is InChI=1S/C28H29N5O3/c1-18(20-7-8-20)32(16-19-5-3-2-4-6-19)25(34)17-33-26(35)28(30-27(33)36)13-11-21-15-22(9-10-23(21)28)24-12-14-29-31-24/h2-6,9-10,12,14-15,18,20H,7-8,11,13,16-17H2,1H3,(H,29,31)(H,30,36)/t18-,28-/m0/s1. The average molecular weight is 484 g/mol. The van der Waals surface area contributed by atoms with E-state index in [2.05, 4.69) is 22.4 Å². The molecule has 2 aromatic carbocycles. The van der Waals surface area contributed by atoms with E-state index in [0.717, 1.165) is 45.7 Å². The van der Waals surface area contributed by atoms with Gasteiger partial charge < -0.3 is 10.2 Å². The lowest BCUT2D eigenvalue weighted by atomic mass is 9.91. The number of rotatable bonds is 7. The van der Waals surface area contributed by atoms with Crippen LogP contribution in [0.1, 0.15) is 42.9 Å². The second-order valence-corrected chi connectivity index (χ2v) is 10.2.